The van der Waals surface area contributed by atoms with Crippen LogP contribution < -0.4 is 4.74 Å². The Morgan fingerprint density at radius 3 is 2.65 bits per heavy atom. The van der Waals surface area contributed by atoms with E-state index in [1.165, 1.54) is 5.56 Å². The van der Waals surface area contributed by atoms with Gasteiger partial charge in [-0.05, 0) is 49.4 Å². The molecule has 0 N–H and O–H groups in total. The van der Waals surface area contributed by atoms with E-state index in [0.29, 0.717) is 23.5 Å². The summed E-state index contributed by atoms with van der Waals surface area (Å²) in [4.78, 5) is 11.0. The van der Waals surface area contributed by atoms with Crippen LogP contribution in [0.25, 0.3) is 11.0 Å². The van der Waals surface area contributed by atoms with Gasteiger partial charge in [0.2, 0.25) is 0 Å². The van der Waals surface area contributed by atoms with Crippen LogP contribution in [0.15, 0.2) is 59.2 Å². The Morgan fingerprint density at radius 1 is 0.957 bits per heavy atom. The molecule has 3 heteroatoms. The Morgan fingerprint density at radius 2 is 1.83 bits per heavy atom. The number of furan rings is 1. The third kappa shape index (κ3) is 3.81. The minimum atomic E-state index is 0.629. The highest BCUT2D eigenvalue weighted by molar-refractivity contribution is 5.98. The average Bonchev–Trinajstić information content (AvgIpc) is 3.09. The summed E-state index contributed by atoms with van der Waals surface area (Å²) in [5.41, 5.74) is 2.66. The van der Waals surface area contributed by atoms with E-state index in [1.807, 2.05) is 6.07 Å². The smallest absolute Gasteiger partial charge is 0.176 e. The van der Waals surface area contributed by atoms with Gasteiger partial charge in [0.1, 0.15) is 0 Å². The SMILES string of the molecule is O=Cc1ccc(OCCCCCc2ccccc2)c2occc12. The monoisotopic (exact) mass is 308 g/mol. The van der Waals surface area contributed by atoms with Crippen LogP contribution in [-0.4, -0.2) is 12.9 Å². The average molecular weight is 308 g/mol. The van der Waals surface area contributed by atoms with Crippen molar-refractivity contribution in [3.8, 4) is 5.75 Å². The van der Waals surface area contributed by atoms with E-state index in [4.69, 9.17) is 9.15 Å². The number of aldehydes is 1. The van der Waals surface area contributed by atoms with Gasteiger partial charge in [-0.15, -0.1) is 0 Å². The minimum absolute atomic E-state index is 0.629. The number of hydrogen-bond acceptors (Lipinski definition) is 3. The molecule has 1 aromatic heterocycles. The first kappa shape index (κ1) is 15.3. The molecule has 0 amide bonds. The molecule has 1 heterocycles. The number of rotatable bonds is 8. The van der Waals surface area contributed by atoms with E-state index in [-0.39, 0.29) is 0 Å². The molecule has 0 aliphatic carbocycles. The summed E-state index contributed by atoms with van der Waals surface area (Å²) >= 11 is 0. The van der Waals surface area contributed by atoms with Crippen molar-refractivity contribution < 1.29 is 13.9 Å². The van der Waals surface area contributed by atoms with Crippen molar-refractivity contribution in [1.82, 2.24) is 0 Å². The Bertz CT molecular complexity index is 759. The Kier molecular flexibility index (Phi) is 5.09. The van der Waals surface area contributed by atoms with Crippen LogP contribution >= 0.6 is 0 Å². The standard InChI is InChI=1S/C20H20O3/c21-15-17-10-11-19(20-18(17)12-14-23-20)22-13-6-2-5-9-16-7-3-1-4-8-16/h1,3-4,7-8,10-12,14-15H,2,5-6,9,13H2. The number of carbonyl (C=O) groups excluding carboxylic acids is 1. The fraction of sp³-hybridized carbons (Fsp3) is 0.250. The van der Waals surface area contributed by atoms with Gasteiger partial charge in [-0.3, -0.25) is 4.79 Å². The molecule has 0 spiro atoms. The number of aryl methyl sites for hydroxylation is 1. The molecule has 0 aliphatic rings. The first-order valence-electron chi connectivity index (χ1n) is 8.00. The molecule has 2 aromatic carbocycles. The molecule has 0 aliphatic heterocycles. The molecular formula is C20H20O3. The molecule has 0 radical (unpaired) electrons. The molecule has 0 bridgehead atoms. The fourth-order valence-corrected chi connectivity index (χ4v) is 2.71. The molecule has 0 fully saturated rings. The zero-order valence-corrected chi connectivity index (χ0v) is 13.0. The van der Waals surface area contributed by atoms with E-state index in [9.17, 15) is 4.79 Å². The van der Waals surface area contributed by atoms with E-state index in [1.54, 1.807) is 24.5 Å². The summed E-state index contributed by atoms with van der Waals surface area (Å²) in [6.45, 7) is 0.658. The predicted octanol–water partition coefficient (Wildman–Crippen LogP) is 5.04. The largest absolute Gasteiger partial charge is 0.490 e. The maximum Gasteiger partial charge on any atom is 0.176 e. The number of benzene rings is 2. The molecule has 0 atom stereocenters. The molecule has 118 valence electrons. The van der Waals surface area contributed by atoms with Gasteiger partial charge >= 0.3 is 0 Å². The predicted molar refractivity (Wildman–Crippen MR) is 91.1 cm³/mol. The fourth-order valence-electron chi connectivity index (χ4n) is 2.71. The van der Waals surface area contributed by atoms with Crippen molar-refractivity contribution in [3.05, 3.63) is 65.9 Å². The van der Waals surface area contributed by atoms with Crippen molar-refractivity contribution in [2.24, 2.45) is 0 Å². The zero-order chi connectivity index (χ0) is 15.9. The van der Waals surface area contributed by atoms with Crippen molar-refractivity contribution in [2.75, 3.05) is 6.61 Å². The van der Waals surface area contributed by atoms with Gasteiger partial charge in [0.25, 0.3) is 0 Å². The van der Waals surface area contributed by atoms with Crippen LogP contribution in [0, 0.1) is 0 Å². The Hall–Kier alpha value is -2.55. The molecule has 0 saturated heterocycles. The van der Waals surface area contributed by atoms with Crippen LogP contribution in [0.5, 0.6) is 5.75 Å². The highest BCUT2D eigenvalue weighted by Gasteiger charge is 2.09. The van der Waals surface area contributed by atoms with Gasteiger partial charge in [0.15, 0.2) is 17.6 Å². The van der Waals surface area contributed by atoms with Crippen molar-refractivity contribution in [3.63, 3.8) is 0 Å². The van der Waals surface area contributed by atoms with Gasteiger partial charge < -0.3 is 9.15 Å². The summed E-state index contributed by atoms with van der Waals surface area (Å²) in [5, 5.41) is 0.807. The van der Waals surface area contributed by atoms with E-state index < -0.39 is 0 Å². The first-order valence-corrected chi connectivity index (χ1v) is 8.00. The number of unbranched alkanes of at least 4 members (excludes halogenated alkanes) is 2. The van der Waals surface area contributed by atoms with Gasteiger partial charge in [-0.25, -0.2) is 0 Å². The van der Waals surface area contributed by atoms with Crippen LogP contribution in [0.3, 0.4) is 0 Å². The van der Waals surface area contributed by atoms with E-state index in [2.05, 4.69) is 24.3 Å². The van der Waals surface area contributed by atoms with Gasteiger partial charge in [0, 0.05) is 10.9 Å². The second-order valence-corrected chi connectivity index (χ2v) is 5.58. The van der Waals surface area contributed by atoms with Crippen LogP contribution in [-0.2, 0) is 6.42 Å². The van der Waals surface area contributed by atoms with Gasteiger partial charge in [0.05, 0.1) is 12.9 Å². The quantitative estimate of drug-likeness (QED) is 0.432. The zero-order valence-electron chi connectivity index (χ0n) is 13.0. The van der Waals surface area contributed by atoms with Gasteiger partial charge in [-0.1, -0.05) is 30.3 Å². The third-order valence-corrected chi connectivity index (χ3v) is 3.95. The number of ether oxygens (including phenoxy) is 1. The second-order valence-electron chi connectivity index (χ2n) is 5.58. The van der Waals surface area contributed by atoms with E-state index in [0.717, 1.165) is 37.4 Å². The Labute approximate surface area is 135 Å². The highest BCUT2D eigenvalue weighted by atomic mass is 16.5. The number of fused-ring (bicyclic) bond motifs is 1. The second kappa shape index (κ2) is 7.63. The summed E-state index contributed by atoms with van der Waals surface area (Å²) in [7, 11) is 0. The topological polar surface area (TPSA) is 39.4 Å². The normalized spacial score (nSPS) is 10.8. The Balaban J connectivity index is 1.46. The molecular weight excluding hydrogens is 288 g/mol. The first-order chi connectivity index (χ1) is 11.4. The maximum atomic E-state index is 11.0. The third-order valence-electron chi connectivity index (χ3n) is 3.95. The number of hydrogen-bond donors (Lipinski definition) is 0. The van der Waals surface area contributed by atoms with Crippen LogP contribution in [0.2, 0.25) is 0 Å². The van der Waals surface area contributed by atoms with Crippen LogP contribution in [0.4, 0.5) is 0 Å². The molecule has 0 saturated carbocycles. The summed E-state index contributed by atoms with van der Waals surface area (Å²) in [6.07, 6.45) is 6.83. The van der Waals surface area contributed by atoms with Crippen LogP contribution in [0.1, 0.15) is 35.2 Å². The lowest BCUT2D eigenvalue weighted by atomic mass is 10.1. The molecule has 23 heavy (non-hydrogen) atoms. The number of carbonyl (C=O) groups is 1. The summed E-state index contributed by atoms with van der Waals surface area (Å²) < 4.78 is 11.3. The summed E-state index contributed by atoms with van der Waals surface area (Å²) in [6, 6.07) is 15.9. The highest BCUT2D eigenvalue weighted by Crippen LogP contribution is 2.29. The lowest BCUT2D eigenvalue weighted by Gasteiger charge is -2.07. The molecule has 0 unspecified atom stereocenters. The molecule has 3 rings (SSSR count). The van der Waals surface area contributed by atoms with Crippen molar-refractivity contribution in [2.45, 2.75) is 25.7 Å². The van der Waals surface area contributed by atoms with E-state index >= 15 is 0 Å². The van der Waals surface area contributed by atoms with Crippen molar-refractivity contribution in [1.29, 1.82) is 0 Å². The van der Waals surface area contributed by atoms with Crippen molar-refractivity contribution >= 4 is 17.3 Å². The molecule has 3 aromatic rings. The maximum absolute atomic E-state index is 11.0. The molecule has 3 nitrogen and oxygen atoms in total. The summed E-state index contributed by atoms with van der Waals surface area (Å²) in [5.74, 6) is 0.707. The van der Waals surface area contributed by atoms with Gasteiger partial charge in [-0.2, -0.15) is 0 Å². The lowest BCUT2D eigenvalue weighted by molar-refractivity contribution is 0.112. The lowest BCUT2D eigenvalue weighted by Crippen LogP contribution is -1.98. The minimum Gasteiger partial charge on any atom is -0.490 e.